The molecule has 170 valence electrons. The molecule has 4 aromatic rings. The fraction of sp³-hybridized carbons (Fsp3) is 0.360. The minimum Gasteiger partial charge on any atom is -0.507 e. The van der Waals surface area contributed by atoms with Crippen LogP contribution in [-0.2, 0) is 0 Å². The number of pyridine rings is 2. The van der Waals surface area contributed by atoms with Gasteiger partial charge in [0.1, 0.15) is 17.1 Å². The number of benzene rings is 1. The Balaban J connectivity index is 1.51. The smallest absolute Gasteiger partial charge is 0.178 e. The molecule has 1 saturated heterocycles. The predicted molar refractivity (Wildman–Crippen MR) is 125 cm³/mol. The van der Waals surface area contributed by atoms with Crippen LogP contribution in [0, 0.1) is 5.82 Å². The Morgan fingerprint density at radius 2 is 1.70 bits per heavy atom. The number of phenols is 1. The lowest BCUT2D eigenvalue weighted by Crippen LogP contribution is -2.58. The van der Waals surface area contributed by atoms with Crippen LogP contribution < -0.4 is 5.32 Å². The van der Waals surface area contributed by atoms with E-state index in [-0.39, 0.29) is 22.9 Å². The van der Waals surface area contributed by atoms with Crippen molar-refractivity contribution in [1.82, 2.24) is 30.3 Å². The average molecular weight is 447 g/mol. The quantitative estimate of drug-likeness (QED) is 0.466. The Morgan fingerprint density at radius 1 is 1.00 bits per heavy atom. The molecule has 3 aromatic heterocycles. The van der Waals surface area contributed by atoms with E-state index in [0.29, 0.717) is 33.4 Å². The minimum atomic E-state index is -0.433. The fourth-order valence-electron chi connectivity index (χ4n) is 5.22. The summed E-state index contributed by atoms with van der Waals surface area (Å²) in [6, 6.07) is 8.12. The van der Waals surface area contributed by atoms with E-state index in [2.05, 4.69) is 53.3 Å². The van der Waals surface area contributed by atoms with Gasteiger partial charge in [0.15, 0.2) is 5.65 Å². The van der Waals surface area contributed by atoms with Gasteiger partial charge in [-0.1, -0.05) is 5.21 Å². The Morgan fingerprint density at radius 3 is 2.39 bits per heavy atom. The molecular weight excluding hydrogens is 419 g/mol. The van der Waals surface area contributed by atoms with E-state index in [0.717, 1.165) is 12.8 Å². The second-order valence-electron chi connectivity index (χ2n) is 10.1. The van der Waals surface area contributed by atoms with Crippen LogP contribution in [0.3, 0.4) is 0 Å². The number of fused-ring (bicyclic) bond motifs is 1. The van der Waals surface area contributed by atoms with Crippen LogP contribution >= 0.6 is 0 Å². The number of phenolic OH excluding ortho intramolecular Hbond substituents is 1. The molecule has 33 heavy (non-hydrogen) atoms. The molecule has 7 nitrogen and oxygen atoms in total. The second-order valence-corrected chi connectivity index (χ2v) is 10.1. The maximum absolute atomic E-state index is 14.9. The van der Waals surface area contributed by atoms with Crippen LogP contribution in [-0.4, -0.2) is 41.1 Å². The van der Waals surface area contributed by atoms with Gasteiger partial charge < -0.3 is 10.4 Å². The summed E-state index contributed by atoms with van der Waals surface area (Å²) < 4.78 is 16.8. The van der Waals surface area contributed by atoms with Crippen LogP contribution in [0.4, 0.5) is 4.39 Å². The standard InChI is InChI=1S/C25H27FN6O/c1-24(2)12-17(13-25(3,4)30-24)32-23-21(29-31-32)9-16(14-28-23)19-10-20(26)18(11-22(19)33)15-5-7-27-8-6-15/h5-11,14,17,30,33H,12-13H2,1-4H3. The first-order valence-electron chi connectivity index (χ1n) is 11.1. The van der Waals surface area contributed by atoms with E-state index in [1.54, 1.807) is 36.8 Å². The number of hydrogen-bond donors (Lipinski definition) is 2. The molecule has 0 atom stereocenters. The summed E-state index contributed by atoms with van der Waals surface area (Å²) in [5, 5.41) is 23.1. The monoisotopic (exact) mass is 446 g/mol. The van der Waals surface area contributed by atoms with Gasteiger partial charge in [0.05, 0.1) is 6.04 Å². The maximum atomic E-state index is 14.9. The molecule has 0 spiro atoms. The van der Waals surface area contributed by atoms with Crippen molar-refractivity contribution in [3.05, 3.63) is 54.7 Å². The Kier molecular flexibility index (Phi) is 4.93. The van der Waals surface area contributed by atoms with Crippen LogP contribution in [0.1, 0.15) is 46.6 Å². The highest BCUT2D eigenvalue weighted by molar-refractivity contribution is 5.81. The van der Waals surface area contributed by atoms with Crippen LogP contribution in [0.2, 0.25) is 0 Å². The van der Waals surface area contributed by atoms with Gasteiger partial charge in [0.25, 0.3) is 0 Å². The predicted octanol–water partition coefficient (Wildman–Crippen LogP) is 4.88. The Bertz CT molecular complexity index is 1320. The summed E-state index contributed by atoms with van der Waals surface area (Å²) in [5.41, 5.74) is 3.12. The van der Waals surface area contributed by atoms with Crippen molar-refractivity contribution in [1.29, 1.82) is 0 Å². The van der Waals surface area contributed by atoms with Gasteiger partial charge in [-0.05, 0) is 76.4 Å². The average Bonchev–Trinajstić information content (AvgIpc) is 3.17. The Labute approximate surface area is 191 Å². The third-order valence-corrected chi connectivity index (χ3v) is 6.22. The largest absolute Gasteiger partial charge is 0.507 e. The van der Waals surface area contributed by atoms with Crippen molar-refractivity contribution >= 4 is 11.2 Å². The van der Waals surface area contributed by atoms with Gasteiger partial charge >= 0.3 is 0 Å². The van der Waals surface area contributed by atoms with Gasteiger partial charge in [-0.2, -0.15) is 0 Å². The van der Waals surface area contributed by atoms with Gasteiger partial charge in [-0.25, -0.2) is 14.1 Å². The number of hydrogen-bond acceptors (Lipinski definition) is 6. The molecule has 0 aliphatic carbocycles. The molecule has 1 aromatic carbocycles. The molecule has 2 N–H and O–H groups in total. The van der Waals surface area contributed by atoms with Crippen LogP contribution in [0.5, 0.6) is 5.75 Å². The van der Waals surface area contributed by atoms with Gasteiger partial charge in [0, 0.05) is 46.4 Å². The molecular formula is C25H27FN6O. The van der Waals surface area contributed by atoms with Gasteiger partial charge in [0.2, 0.25) is 0 Å². The van der Waals surface area contributed by atoms with E-state index in [1.807, 2.05) is 4.68 Å². The van der Waals surface area contributed by atoms with Crippen molar-refractivity contribution in [3.63, 3.8) is 0 Å². The molecule has 8 heteroatoms. The first-order valence-corrected chi connectivity index (χ1v) is 11.1. The third-order valence-electron chi connectivity index (χ3n) is 6.22. The normalized spacial score (nSPS) is 18.0. The maximum Gasteiger partial charge on any atom is 0.178 e. The fourth-order valence-corrected chi connectivity index (χ4v) is 5.22. The zero-order valence-corrected chi connectivity index (χ0v) is 19.2. The van der Waals surface area contributed by atoms with E-state index in [4.69, 9.17) is 0 Å². The summed E-state index contributed by atoms with van der Waals surface area (Å²) in [6.07, 6.45) is 6.62. The highest BCUT2D eigenvalue weighted by atomic mass is 19.1. The molecule has 0 amide bonds. The van der Waals surface area contributed by atoms with E-state index in [9.17, 15) is 9.50 Å². The van der Waals surface area contributed by atoms with E-state index < -0.39 is 5.82 Å². The highest BCUT2D eigenvalue weighted by Gasteiger charge is 2.39. The van der Waals surface area contributed by atoms with Crippen molar-refractivity contribution in [2.24, 2.45) is 0 Å². The number of nitrogens with zero attached hydrogens (tertiary/aromatic N) is 5. The zero-order chi connectivity index (χ0) is 23.4. The number of aromatic hydroxyl groups is 1. The van der Waals surface area contributed by atoms with Crippen molar-refractivity contribution < 1.29 is 9.50 Å². The number of nitrogens with one attached hydrogen (secondary N) is 1. The number of rotatable bonds is 3. The summed E-state index contributed by atoms with van der Waals surface area (Å²) in [6.45, 7) is 8.77. The summed E-state index contributed by atoms with van der Waals surface area (Å²) in [5.74, 6) is -0.462. The molecule has 1 aliphatic rings. The van der Waals surface area contributed by atoms with Crippen molar-refractivity contribution in [2.45, 2.75) is 57.7 Å². The van der Waals surface area contributed by atoms with Crippen molar-refractivity contribution in [2.75, 3.05) is 0 Å². The second kappa shape index (κ2) is 7.59. The lowest BCUT2D eigenvalue weighted by molar-refractivity contribution is 0.127. The molecule has 0 bridgehead atoms. The number of aromatic nitrogens is 5. The number of halogens is 1. The summed E-state index contributed by atoms with van der Waals surface area (Å²) in [7, 11) is 0. The topological polar surface area (TPSA) is 88.8 Å². The zero-order valence-electron chi connectivity index (χ0n) is 19.2. The minimum absolute atomic E-state index is 0.0291. The van der Waals surface area contributed by atoms with E-state index in [1.165, 1.54) is 12.1 Å². The molecule has 0 saturated carbocycles. The highest BCUT2D eigenvalue weighted by Crippen LogP contribution is 2.38. The van der Waals surface area contributed by atoms with Crippen molar-refractivity contribution in [3.8, 4) is 28.0 Å². The molecule has 1 aliphatic heterocycles. The SMILES string of the molecule is CC1(C)CC(n2nnc3cc(-c4cc(F)c(-c5ccncc5)cc4O)cnc32)CC(C)(C)N1. The lowest BCUT2D eigenvalue weighted by atomic mass is 9.79. The first kappa shape index (κ1) is 21.5. The first-order chi connectivity index (χ1) is 15.6. The van der Waals surface area contributed by atoms with E-state index >= 15 is 0 Å². The summed E-state index contributed by atoms with van der Waals surface area (Å²) in [4.78, 5) is 8.57. The molecule has 0 unspecified atom stereocenters. The molecule has 0 radical (unpaired) electrons. The van der Waals surface area contributed by atoms with Crippen LogP contribution in [0.25, 0.3) is 33.4 Å². The van der Waals surface area contributed by atoms with Crippen LogP contribution in [0.15, 0.2) is 48.9 Å². The van der Waals surface area contributed by atoms with Gasteiger partial charge in [-0.15, -0.1) is 5.10 Å². The summed E-state index contributed by atoms with van der Waals surface area (Å²) >= 11 is 0. The molecule has 5 rings (SSSR count). The lowest BCUT2D eigenvalue weighted by Gasteiger charge is -2.46. The number of piperidine rings is 1. The Hall–Kier alpha value is -3.39. The van der Waals surface area contributed by atoms with Gasteiger partial charge in [-0.3, -0.25) is 4.98 Å². The molecule has 4 heterocycles. The third kappa shape index (κ3) is 4.06. The molecule has 1 fully saturated rings.